The predicted octanol–water partition coefficient (Wildman–Crippen LogP) is 6.49. The minimum absolute atomic E-state index is 0.677. The summed E-state index contributed by atoms with van der Waals surface area (Å²) in [5.41, 5.74) is 8.74. The van der Waals surface area contributed by atoms with Crippen LogP contribution in [0, 0.1) is 0 Å². The van der Waals surface area contributed by atoms with Crippen molar-refractivity contribution in [2.45, 2.75) is 5.66 Å². The average molecular weight is 513 g/mol. The second-order valence-corrected chi connectivity index (χ2v) is 11.0. The monoisotopic (exact) mass is 512 g/mol. The van der Waals surface area contributed by atoms with Gasteiger partial charge in [0.1, 0.15) is 45.0 Å². The molecule has 0 radical (unpaired) electrons. The van der Waals surface area contributed by atoms with E-state index in [9.17, 15) is 0 Å². The lowest BCUT2D eigenvalue weighted by Gasteiger charge is -2.40. The summed E-state index contributed by atoms with van der Waals surface area (Å²) < 4.78 is 16.7. The Kier molecular flexibility index (Phi) is 3.06. The Morgan fingerprint density at radius 3 is 1.48 bits per heavy atom. The van der Waals surface area contributed by atoms with Crippen LogP contribution in [-0.4, -0.2) is 9.13 Å². The molecule has 0 atom stereocenters. The molecule has 1 spiro atoms. The molecular weight excluding hydrogens is 492 g/mol. The van der Waals surface area contributed by atoms with Crippen molar-refractivity contribution in [3.8, 4) is 22.9 Å². The standard InChI is InChI=1S/C35H20N4O/c1-3-13-25-21(9-1)23-11-7-19-36-33(23)38(25)27-15-5-17-29-31(27)35(36)32-28(16-6-18-30(32)40-29)39-26-14-4-2-10-22(26)24-12-8-20-37(35)34(24)39/h1-20H/q+2. The van der Waals surface area contributed by atoms with Crippen LogP contribution in [0.25, 0.3) is 55.2 Å². The Labute approximate surface area is 227 Å². The molecule has 3 aliphatic heterocycles. The molecule has 5 nitrogen and oxygen atoms in total. The number of para-hydroxylation sites is 2. The van der Waals surface area contributed by atoms with Gasteiger partial charge >= 0.3 is 5.66 Å². The molecule has 0 amide bonds. The van der Waals surface area contributed by atoms with Gasteiger partial charge in [0.05, 0.1) is 23.2 Å². The van der Waals surface area contributed by atoms with Crippen LogP contribution in [0.5, 0.6) is 11.5 Å². The first-order valence-electron chi connectivity index (χ1n) is 13.7. The molecule has 0 fully saturated rings. The first kappa shape index (κ1) is 19.6. The molecule has 184 valence electrons. The molecule has 0 saturated carbocycles. The highest BCUT2D eigenvalue weighted by Crippen LogP contribution is 2.54. The molecule has 0 N–H and O–H groups in total. The van der Waals surface area contributed by atoms with E-state index >= 15 is 0 Å². The van der Waals surface area contributed by atoms with Crippen LogP contribution < -0.4 is 13.9 Å². The number of fused-ring (bicyclic) bond motifs is 8. The summed E-state index contributed by atoms with van der Waals surface area (Å²) in [6.07, 6.45) is 4.51. The smallest absolute Gasteiger partial charge is 0.321 e. The topological polar surface area (TPSA) is 26.8 Å². The van der Waals surface area contributed by atoms with Gasteiger partial charge in [-0.1, -0.05) is 36.4 Å². The highest BCUT2D eigenvalue weighted by Gasteiger charge is 2.64. The van der Waals surface area contributed by atoms with Crippen LogP contribution >= 0.6 is 0 Å². The second kappa shape index (κ2) is 6.24. The van der Waals surface area contributed by atoms with E-state index in [0.29, 0.717) is 0 Å². The molecule has 3 aliphatic rings. The maximum absolute atomic E-state index is 6.81. The van der Waals surface area contributed by atoms with Crippen molar-refractivity contribution >= 4 is 43.9 Å². The minimum Gasteiger partial charge on any atom is -0.456 e. The molecule has 40 heavy (non-hydrogen) atoms. The Morgan fingerprint density at radius 2 is 0.950 bits per heavy atom. The number of benzene rings is 4. The normalized spacial score (nSPS) is 14.9. The fourth-order valence-electron chi connectivity index (χ4n) is 8.03. The number of rotatable bonds is 0. The maximum atomic E-state index is 6.81. The van der Waals surface area contributed by atoms with Crippen LogP contribution in [0.4, 0.5) is 0 Å². The summed E-state index contributed by atoms with van der Waals surface area (Å²) in [5.74, 6) is 1.79. The van der Waals surface area contributed by atoms with Gasteiger partial charge < -0.3 is 4.74 Å². The fourth-order valence-corrected chi connectivity index (χ4v) is 8.03. The van der Waals surface area contributed by atoms with Crippen LogP contribution in [0.15, 0.2) is 122 Å². The number of hydrogen-bond acceptors (Lipinski definition) is 1. The van der Waals surface area contributed by atoms with Crippen LogP contribution in [0.1, 0.15) is 11.1 Å². The van der Waals surface area contributed by atoms with Crippen molar-refractivity contribution in [3.63, 3.8) is 0 Å². The summed E-state index contributed by atoms with van der Waals surface area (Å²) in [7, 11) is 0. The van der Waals surface area contributed by atoms with Crippen molar-refractivity contribution in [3.05, 3.63) is 133 Å². The number of pyridine rings is 2. The molecule has 4 aromatic heterocycles. The molecule has 0 aliphatic carbocycles. The van der Waals surface area contributed by atoms with E-state index in [2.05, 4.69) is 140 Å². The van der Waals surface area contributed by atoms with Crippen LogP contribution in [-0.2, 0) is 5.66 Å². The van der Waals surface area contributed by atoms with Gasteiger partial charge in [-0.15, -0.1) is 0 Å². The largest absolute Gasteiger partial charge is 0.456 e. The summed E-state index contributed by atoms with van der Waals surface area (Å²) in [6.45, 7) is 0. The van der Waals surface area contributed by atoms with E-state index in [1.165, 1.54) is 43.9 Å². The van der Waals surface area contributed by atoms with E-state index < -0.39 is 5.66 Å². The summed E-state index contributed by atoms with van der Waals surface area (Å²) >= 11 is 0. The lowest BCUT2D eigenvalue weighted by molar-refractivity contribution is -0.954. The zero-order valence-electron chi connectivity index (χ0n) is 21.2. The van der Waals surface area contributed by atoms with E-state index in [4.69, 9.17) is 4.74 Å². The third kappa shape index (κ3) is 1.85. The lowest BCUT2D eigenvalue weighted by Crippen LogP contribution is -2.78. The van der Waals surface area contributed by atoms with Crippen molar-refractivity contribution in [1.29, 1.82) is 0 Å². The van der Waals surface area contributed by atoms with Crippen molar-refractivity contribution < 1.29 is 13.9 Å². The summed E-state index contributed by atoms with van der Waals surface area (Å²) in [4.78, 5) is 0. The fraction of sp³-hybridized carbons (Fsp3) is 0.0286. The predicted molar refractivity (Wildman–Crippen MR) is 154 cm³/mol. The first-order chi connectivity index (χ1) is 19.9. The quantitative estimate of drug-likeness (QED) is 0.214. The van der Waals surface area contributed by atoms with E-state index in [1.807, 2.05) is 0 Å². The van der Waals surface area contributed by atoms with Gasteiger partial charge in [-0.2, -0.15) is 18.3 Å². The summed E-state index contributed by atoms with van der Waals surface area (Å²) in [6, 6.07) is 39.4. The number of nitrogens with zero attached hydrogens (tertiary/aromatic N) is 4. The lowest BCUT2D eigenvalue weighted by atomic mass is 9.82. The number of hydrogen-bond donors (Lipinski definition) is 0. The number of aromatic nitrogens is 4. The number of ether oxygens (including phenoxy) is 1. The molecule has 0 saturated heterocycles. The van der Waals surface area contributed by atoms with Crippen molar-refractivity contribution in [2.75, 3.05) is 0 Å². The van der Waals surface area contributed by atoms with Gasteiger partial charge in [-0.25, -0.2) is 0 Å². The van der Waals surface area contributed by atoms with Crippen molar-refractivity contribution in [1.82, 2.24) is 9.13 Å². The Balaban J connectivity index is 1.50. The molecule has 4 aromatic carbocycles. The zero-order chi connectivity index (χ0) is 25.7. The Bertz CT molecular complexity index is 2310. The molecule has 8 aromatic rings. The molecule has 7 heterocycles. The first-order valence-corrected chi connectivity index (χ1v) is 13.7. The van der Waals surface area contributed by atoms with E-state index in [0.717, 1.165) is 34.0 Å². The Hall–Kier alpha value is -5.42. The van der Waals surface area contributed by atoms with Crippen LogP contribution in [0.3, 0.4) is 0 Å². The highest BCUT2D eigenvalue weighted by molar-refractivity contribution is 6.09. The molecule has 11 rings (SSSR count). The maximum Gasteiger partial charge on any atom is 0.321 e. The van der Waals surface area contributed by atoms with Gasteiger partial charge in [0.25, 0.3) is 11.3 Å². The molecular formula is C35H20N4O+2. The van der Waals surface area contributed by atoms with E-state index in [-0.39, 0.29) is 0 Å². The molecule has 0 unspecified atom stereocenters. The third-order valence-corrected chi connectivity index (χ3v) is 9.33. The Morgan fingerprint density at radius 1 is 0.475 bits per heavy atom. The van der Waals surface area contributed by atoms with Gasteiger partial charge in [-0.05, 0) is 72.8 Å². The second-order valence-electron chi connectivity index (χ2n) is 11.0. The molecule has 0 bridgehead atoms. The van der Waals surface area contributed by atoms with Crippen LogP contribution in [0.2, 0.25) is 0 Å². The highest BCUT2D eigenvalue weighted by atomic mass is 16.5. The van der Waals surface area contributed by atoms with Gasteiger partial charge in [0.15, 0.2) is 0 Å². The zero-order valence-corrected chi connectivity index (χ0v) is 21.2. The van der Waals surface area contributed by atoms with E-state index in [1.54, 1.807) is 0 Å². The summed E-state index contributed by atoms with van der Waals surface area (Å²) in [5, 5.41) is 4.99. The van der Waals surface area contributed by atoms with Gasteiger partial charge in [-0.3, -0.25) is 0 Å². The van der Waals surface area contributed by atoms with Crippen molar-refractivity contribution in [2.24, 2.45) is 0 Å². The SMILES string of the molecule is c1cc2c3c(c1)-n1c4ccccc4c4ccc[n+](c41)C31c3c(cccc3-n3c4ccccc4c4ccc[n+]1c43)O2. The average Bonchev–Trinajstić information content (AvgIpc) is 3.53. The molecule has 5 heteroatoms. The van der Waals surface area contributed by atoms with Gasteiger partial charge in [0.2, 0.25) is 0 Å². The third-order valence-electron chi connectivity index (χ3n) is 9.33. The minimum atomic E-state index is -0.677. The van der Waals surface area contributed by atoms with Gasteiger partial charge in [0, 0.05) is 10.8 Å².